The van der Waals surface area contributed by atoms with Gasteiger partial charge in [-0.2, -0.15) is 0 Å². The summed E-state index contributed by atoms with van der Waals surface area (Å²) in [6.07, 6.45) is 1.26. The third kappa shape index (κ3) is 4.82. The van der Waals surface area contributed by atoms with Gasteiger partial charge in [0.05, 0.1) is 11.3 Å². The molecule has 1 aromatic carbocycles. The largest absolute Gasteiger partial charge is 0.368 e. The Balaban J connectivity index is 2.05. The molecule has 2 heterocycles. The lowest BCUT2D eigenvalue weighted by Gasteiger charge is -2.18. The van der Waals surface area contributed by atoms with Gasteiger partial charge in [0.25, 0.3) is 5.91 Å². The molecule has 30 heavy (non-hydrogen) atoms. The van der Waals surface area contributed by atoms with E-state index in [1.807, 2.05) is 25.5 Å². The van der Waals surface area contributed by atoms with Gasteiger partial charge in [-0.15, -0.1) is 0 Å². The van der Waals surface area contributed by atoms with E-state index < -0.39 is 23.7 Å². The average molecular weight is 436 g/mol. The van der Waals surface area contributed by atoms with Crippen molar-refractivity contribution >= 4 is 23.4 Å². The molecule has 3 rings (SSSR count). The number of fused-ring (bicyclic) bond motifs is 1. The number of carbonyl (C=O) groups excluding carboxylic acids is 2. The lowest BCUT2D eigenvalue weighted by Crippen LogP contribution is -2.45. The first-order valence-corrected chi connectivity index (χ1v) is 10.4. The summed E-state index contributed by atoms with van der Waals surface area (Å²) in [7, 11) is 1.96. The molecule has 9 heteroatoms. The van der Waals surface area contributed by atoms with Gasteiger partial charge in [-0.1, -0.05) is 25.4 Å². The number of carbonyl (C=O) groups is 2. The van der Waals surface area contributed by atoms with Crippen molar-refractivity contribution in [3.05, 3.63) is 40.4 Å². The molecule has 7 nitrogen and oxygen atoms in total. The summed E-state index contributed by atoms with van der Waals surface area (Å²) in [5.74, 6) is -1.04. The Hall–Kier alpha value is -2.45. The van der Waals surface area contributed by atoms with Crippen LogP contribution >= 0.6 is 11.6 Å². The number of nitrogens with one attached hydrogen (secondary N) is 1. The number of imidazole rings is 1. The molecular formula is C21H27ClFN5O2. The number of hydrogen-bond donors (Lipinski definition) is 2. The highest BCUT2D eigenvalue weighted by Gasteiger charge is 2.29. The molecule has 1 atom stereocenters. The van der Waals surface area contributed by atoms with E-state index in [1.54, 1.807) is 12.1 Å². The minimum absolute atomic E-state index is 0.173. The van der Waals surface area contributed by atoms with Gasteiger partial charge in [0.2, 0.25) is 5.91 Å². The zero-order chi connectivity index (χ0) is 22.0. The summed E-state index contributed by atoms with van der Waals surface area (Å²) in [6.45, 7) is 5.81. The van der Waals surface area contributed by atoms with Crippen molar-refractivity contribution in [1.82, 2.24) is 19.8 Å². The minimum Gasteiger partial charge on any atom is -0.368 e. The summed E-state index contributed by atoms with van der Waals surface area (Å²) in [5.41, 5.74) is 6.62. The molecule has 0 unspecified atom stereocenters. The van der Waals surface area contributed by atoms with E-state index in [-0.39, 0.29) is 22.2 Å². The summed E-state index contributed by atoms with van der Waals surface area (Å²) in [4.78, 5) is 31.5. The van der Waals surface area contributed by atoms with E-state index in [9.17, 15) is 14.0 Å². The summed E-state index contributed by atoms with van der Waals surface area (Å²) >= 11 is 5.90. The summed E-state index contributed by atoms with van der Waals surface area (Å²) in [5, 5.41) is 3.00. The normalized spacial score (nSPS) is 15.5. The fraction of sp³-hybridized carbons (Fsp3) is 0.476. The van der Waals surface area contributed by atoms with Crippen molar-refractivity contribution in [3.63, 3.8) is 0 Å². The Bertz CT molecular complexity index is 959. The molecule has 0 fully saturated rings. The summed E-state index contributed by atoms with van der Waals surface area (Å²) in [6, 6.07) is 3.59. The Labute approximate surface area is 180 Å². The Morgan fingerprint density at radius 2 is 2.07 bits per heavy atom. The van der Waals surface area contributed by atoms with Gasteiger partial charge in [-0.3, -0.25) is 9.59 Å². The maximum atomic E-state index is 14.6. The van der Waals surface area contributed by atoms with E-state index in [1.165, 1.54) is 6.07 Å². The first-order chi connectivity index (χ1) is 14.2. The Morgan fingerprint density at radius 3 is 2.70 bits per heavy atom. The van der Waals surface area contributed by atoms with Crippen molar-refractivity contribution in [2.45, 2.75) is 45.8 Å². The van der Waals surface area contributed by atoms with Crippen LogP contribution in [0.5, 0.6) is 0 Å². The molecule has 0 saturated carbocycles. The number of aromatic nitrogens is 2. The van der Waals surface area contributed by atoms with Crippen molar-refractivity contribution in [2.24, 2.45) is 11.7 Å². The van der Waals surface area contributed by atoms with Crippen LogP contribution in [-0.2, 0) is 17.9 Å². The lowest BCUT2D eigenvalue weighted by atomic mass is 10.0. The maximum Gasteiger partial charge on any atom is 0.272 e. The van der Waals surface area contributed by atoms with Gasteiger partial charge >= 0.3 is 0 Å². The van der Waals surface area contributed by atoms with Crippen LogP contribution < -0.4 is 11.1 Å². The number of primary amides is 1. The van der Waals surface area contributed by atoms with Gasteiger partial charge < -0.3 is 20.5 Å². The van der Waals surface area contributed by atoms with Gasteiger partial charge in [-0.05, 0) is 50.6 Å². The van der Waals surface area contributed by atoms with E-state index in [2.05, 4.69) is 15.2 Å². The molecule has 2 aromatic rings. The number of halogens is 2. The zero-order valence-corrected chi connectivity index (χ0v) is 18.2. The zero-order valence-electron chi connectivity index (χ0n) is 17.4. The molecule has 0 saturated heterocycles. The van der Waals surface area contributed by atoms with Gasteiger partial charge in [0.1, 0.15) is 17.7 Å². The number of nitrogens with two attached hydrogens (primary N) is 1. The molecule has 0 spiro atoms. The molecule has 1 aromatic heterocycles. The smallest absolute Gasteiger partial charge is 0.272 e. The molecule has 1 aliphatic rings. The molecule has 2 amide bonds. The molecule has 0 radical (unpaired) electrons. The second-order valence-electron chi connectivity index (χ2n) is 8.16. The van der Waals surface area contributed by atoms with Crippen LogP contribution in [0, 0.1) is 11.7 Å². The van der Waals surface area contributed by atoms with Gasteiger partial charge in [-0.25, -0.2) is 9.37 Å². The van der Waals surface area contributed by atoms with Crippen LogP contribution in [-0.4, -0.2) is 45.9 Å². The second-order valence-corrected chi connectivity index (χ2v) is 8.59. The molecule has 0 aliphatic carbocycles. The van der Waals surface area contributed by atoms with E-state index in [0.29, 0.717) is 31.0 Å². The highest BCUT2D eigenvalue weighted by molar-refractivity contribution is 6.30. The van der Waals surface area contributed by atoms with Gasteiger partial charge in [0, 0.05) is 18.1 Å². The number of nitrogens with zero attached hydrogens (tertiary/aromatic N) is 3. The fourth-order valence-corrected chi connectivity index (χ4v) is 3.88. The monoisotopic (exact) mass is 435 g/mol. The average Bonchev–Trinajstić information content (AvgIpc) is 2.87. The standard InChI is InChI=1S/C21H27ClFN5O2/c1-12(2)9-16(19(24)29)25-21(30)18-17-11-27(3)7-4-8-28(17)20(26-18)14-6-5-13(22)10-15(14)23/h5-6,10,12,16H,4,7-9,11H2,1-3H3,(H2,24,29)(H,25,30)/t16-/m0/s1. The van der Waals surface area contributed by atoms with Gasteiger partial charge in [0.15, 0.2) is 5.69 Å². The second kappa shape index (κ2) is 9.14. The van der Waals surface area contributed by atoms with Crippen LogP contribution in [0.15, 0.2) is 18.2 Å². The molecule has 0 bridgehead atoms. The van der Waals surface area contributed by atoms with E-state index in [0.717, 1.165) is 13.0 Å². The van der Waals surface area contributed by atoms with Crippen molar-refractivity contribution < 1.29 is 14.0 Å². The highest BCUT2D eigenvalue weighted by Crippen LogP contribution is 2.29. The third-order valence-corrected chi connectivity index (χ3v) is 5.39. The topological polar surface area (TPSA) is 93.2 Å². The first kappa shape index (κ1) is 22.2. The number of amides is 2. The lowest BCUT2D eigenvalue weighted by molar-refractivity contribution is -0.120. The predicted molar refractivity (Wildman–Crippen MR) is 113 cm³/mol. The molecule has 3 N–H and O–H groups in total. The Kier molecular flexibility index (Phi) is 6.77. The maximum absolute atomic E-state index is 14.6. The number of hydrogen-bond acceptors (Lipinski definition) is 4. The quantitative estimate of drug-likeness (QED) is 0.729. The fourth-order valence-electron chi connectivity index (χ4n) is 3.72. The molecular weight excluding hydrogens is 409 g/mol. The van der Waals surface area contributed by atoms with E-state index in [4.69, 9.17) is 17.3 Å². The van der Waals surface area contributed by atoms with Crippen LogP contribution in [0.4, 0.5) is 4.39 Å². The number of benzene rings is 1. The highest BCUT2D eigenvalue weighted by atomic mass is 35.5. The molecule has 162 valence electrons. The van der Waals surface area contributed by atoms with Crippen LogP contribution in [0.2, 0.25) is 5.02 Å². The van der Waals surface area contributed by atoms with Crippen molar-refractivity contribution in [3.8, 4) is 11.4 Å². The SMILES string of the molecule is CC(C)C[C@H](NC(=O)c1nc(-c2ccc(Cl)cc2F)n2c1CN(C)CCC2)C(N)=O. The van der Waals surface area contributed by atoms with E-state index >= 15 is 0 Å². The molecule has 1 aliphatic heterocycles. The number of rotatable bonds is 6. The Morgan fingerprint density at radius 1 is 1.33 bits per heavy atom. The third-order valence-electron chi connectivity index (χ3n) is 5.16. The summed E-state index contributed by atoms with van der Waals surface area (Å²) < 4.78 is 16.5. The first-order valence-electron chi connectivity index (χ1n) is 10.0. The minimum atomic E-state index is -0.797. The predicted octanol–water partition coefficient (Wildman–Crippen LogP) is 2.81. The van der Waals surface area contributed by atoms with Crippen molar-refractivity contribution in [2.75, 3.05) is 13.6 Å². The van der Waals surface area contributed by atoms with Crippen LogP contribution in [0.25, 0.3) is 11.4 Å². The van der Waals surface area contributed by atoms with Crippen molar-refractivity contribution in [1.29, 1.82) is 0 Å². The van der Waals surface area contributed by atoms with Crippen LogP contribution in [0.1, 0.15) is 42.9 Å². The van der Waals surface area contributed by atoms with Crippen LogP contribution in [0.3, 0.4) is 0 Å².